The van der Waals surface area contributed by atoms with Crippen LogP contribution in [-0.4, -0.2) is 21.4 Å². The van der Waals surface area contributed by atoms with Gasteiger partial charge in [-0.2, -0.15) is 0 Å². The summed E-state index contributed by atoms with van der Waals surface area (Å²) in [7, 11) is 0. The minimum Gasteiger partial charge on any atom is -0.481 e. The van der Waals surface area contributed by atoms with Gasteiger partial charge in [0, 0.05) is 17.1 Å². The standard InChI is InChI=1S/C20H17N3O2S/c1-14(25-16-10-6-3-7-11-16)19(24)22-18-17(15-8-4-2-5-9-15)21-20-23(18)12-13-26-20/h2-14H,1H3,(H,22,24)/t14-/m0/s1. The van der Waals surface area contributed by atoms with Crippen molar-refractivity contribution in [1.82, 2.24) is 9.38 Å². The average Bonchev–Trinajstić information content (AvgIpc) is 3.26. The van der Waals surface area contributed by atoms with Crippen molar-refractivity contribution in [3.8, 4) is 17.0 Å². The molecular weight excluding hydrogens is 346 g/mol. The summed E-state index contributed by atoms with van der Waals surface area (Å²) in [5, 5.41) is 4.92. The van der Waals surface area contributed by atoms with E-state index < -0.39 is 6.10 Å². The van der Waals surface area contributed by atoms with Gasteiger partial charge >= 0.3 is 0 Å². The van der Waals surface area contributed by atoms with Crippen molar-refractivity contribution in [2.45, 2.75) is 13.0 Å². The molecule has 1 N–H and O–H groups in total. The quantitative estimate of drug-likeness (QED) is 0.569. The fourth-order valence-corrected chi connectivity index (χ4v) is 3.39. The Morgan fingerprint density at radius 3 is 2.54 bits per heavy atom. The number of thiazole rings is 1. The number of nitrogens with one attached hydrogen (secondary N) is 1. The van der Waals surface area contributed by atoms with E-state index in [1.54, 1.807) is 6.92 Å². The molecule has 0 spiro atoms. The predicted octanol–water partition coefficient (Wildman–Crippen LogP) is 4.47. The number of benzene rings is 2. The second kappa shape index (κ2) is 7.01. The first kappa shape index (κ1) is 16.4. The largest absolute Gasteiger partial charge is 0.481 e. The SMILES string of the molecule is C[C@H](Oc1ccccc1)C(=O)Nc1c(-c2ccccc2)nc2sccn12. The lowest BCUT2D eigenvalue weighted by Gasteiger charge is -2.15. The van der Waals surface area contributed by atoms with E-state index >= 15 is 0 Å². The van der Waals surface area contributed by atoms with Crippen molar-refractivity contribution in [3.63, 3.8) is 0 Å². The molecule has 0 saturated carbocycles. The van der Waals surface area contributed by atoms with Crippen LogP contribution in [0.4, 0.5) is 5.82 Å². The van der Waals surface area contributed by atoms with E-state index in [0.29, 0.717) is 11.6 Å². The number of amides is 1. The Balaban J connectivity index is 1.62. The number of fused-ring (bicyclic) bond motifs is 1. The van der Waals surface area contributed by atoms with Crippen molar-refractivity contribution in [2.24, 2.45) is 0 Å². The Morgan fingerprint density at radius 2 is 1.81 bits per heavy atom. The highest BCUT2D eigenvalue weighted by atomic mass is 32.1. The highest BCUT2D eigenvalue weighted by Gasteiger charge is 2.21. The van der Waals surface area contributed by atoms with Crippen molar-refractivity contribution >= 4 is 28.0 Å². The van der Waals surface area contributed by atoms with Crippen LogP contribution in [0.15, 0.2) is 72.2 Å². The van der Waals surface area contributed by atoms with Gasteiger partial charge < -0.3 is 10.1 Å². The van der Waals surface area contributed by atoms with Gasteiger partial charge in [-0.15, -0.1) is 11.3 Å². The molecule has 0 fully saturated rings. The molecule has 0 aliphatic carbocycles. The van der Waals surface area contributed by atoms with E-state index in [2.05, 4.69) is 10.3 Å². The van der Waals surface area contributed by atoms with Gasteiger partial charge in [0.15, 0.2) is 11.1 Å². The monoisotopic (exact) mass is 363 g/mol. The smallest absolute Gasteiger partial charge is 0.266 e. The molecule has 0 unspecified atom stereocenters. The third-order valence-corrected chi connectivity index (χ3v) is 4.73. The molecule has 2 heterocycles. The van der Waals surface area contributed by atoms with E-state index in [0.717, 1.165) is 16.2 Å². The molecule has 130 valence electrons. The zero-order valence-corrected chi connectivity index (χ0v) is 14.9. The van der Waals surface area contributed by atoms with Gasteiger partial charge in [-0.1, -0.05) is 48.5 Å². The molecule has 26 heavy (non-hydrogen) atoms. The normalized spacial score (nSPS) is 12.0. The summed E-state index contributed by atoms with van der Waals surface area (Å²) in [4.78, 5) is 18.2. The van der Waals surface area contributed by atoms with Gasteiger partial charge in [0.2, 0.25) is 0 Å². The third kappa shape index (κ3) is 3.19. The Labute approximate surface area is 154 Å². The Morgan fingerprint density at radius 1 is 1.12 bits per heavy atom. The molecule has 1 atom stereocenters. The Bertz CT molecular complexity index is 1030. The number of para-hydroxylation sites is 1. The van der Waals surface area contributed by atoms with E-state index in [1.807, 2.05) is 76.6 Å². The zero-order valence-electron chi connectivity index (χ0n) is 14.1. The van der Waals surface area contributed by atoms with Crippen LogP contribution in [0.5, 0.6) is 5.75 Å². The van der Waals surface area contributed by atoms with Gasteiger partial charge in [-0.25, -0.2) is 4.98 Å². The van der Waals surface area contributed by atoms with Crippen molar-refractivity contribution < 1.29 is 9.53 Å². The van der Waals surface area contributed by atoms with Crippen LogP contribution in [0, 0.1) is 0 Å². The third-order valence-electron chi connectivity index (χ3n) is 3.98. The molecule has 0 radical (unpaired) electrons. The number of ether oxygens (including phenoxy) is 1. The molecule has 1 amide bonds. The van der Waals surface area contributed by atoms with E-state index in [-0.39, 0.29) is 5.91 Å². The van der Waals surface area contributed by atoms with Crippen molar-refractivity contribution in [2.75, 3.05) is 5.32 Å². The second-order valence-corrected chi connectivity index (χ2v) is 6.67. The van der Waals surface area contributed by atoms with Gasteiger partial charge in [0.1, 0.15) is 17.3 Å². The van der Waals surface area contributed by atoms with Crippen LogP contribution in [0.2, 0.25) is 0 Å². The zero-order chi connectivity index (χ0) is 17.9. The topological polar surface area (TPSA) is 55.6 Å². The number of carbonyl (C=O) groups excluding carboxylic acids is 1. The maximum Gasteiger partial charge on any atom is 0.266 e. The Hall–Kier alpha value is -3.12. The minimum atomic E-state index is -0.634. The van der Waals surface area contributed by atoms with Crippen LogP contribution >= 0.6 is 11.3 Å². The summed E-state index contributed by atoms with van der Waals surface area (Å²) in [6.45, 7) is 1.73. The molecule has 5 nitrogen and oxygen atoms in total. The van der Waals surface area contributed by atoms with Crippen LogP contribution in [-0.2, 0) is 4.79 Å². The fourth-order valence-electron chi connectivity index (χ4n) is 2.68. The highest BCUT2D eigenvalue weighted by Crippen LogP contribution is 2.30. The Kier molecular flexibility index (Phi) is 4.41. The summed E-state index contributed by atoms with van der Waals surface area (Å²) in [5.41, 5.74) is 1.70. The van der Waals surface area contributed by atoms with Crippen LogP contribution in [0.25, 0.3) is 16.2 Å². The van der Waals surface area contributed by atoms with E-state index in [1.165, 1.54) is 11.3 Å². The number of imidazole rings is 1. The highest BCUT2D eigenvalue weighted by molar-refractivity contribution is 7.15. The summed E-state index contributed by atoms with van der Waals surface area (Å²) in [5.74, 6) is 1.09. The molecule has 0 bridgehead atoms. The number of carbonyl (C=O) groups is 1. The van der Waals surface area contributed by atoms with Crippen LogP contribution in [0.1, 0.15) is 6.92 Å². The number of aromatic nitrogens is 2. The molecular formula is C20H17N3O2S. The van der Waals surface area contributed by atoms with Crippen molar-refractivity contribution in [1.29, 1.82) is 0 Å². The number of anilines is 1. The van der Waals surface area contributed by atoms with Gasteiger partial charge in [0.05, 0.1) is 0 Å². The number of hydrogen-bond donors (Lipinski definition) is 1. The summed E-state index contributed by atoms with van der Waals surface area (Å²) in [6, 6.07) is 19.1. The molecule has 0 aliphatic rings. The van der Waals surface area contributed by atoms with E-state index in [9.17, 15) is 4.79 Å². The first-order valence-corrected chi connectivity index (χ1v) is 9.14. The lowest BCUT2D eigenvalue weighted by molar-refractivity contribution is -0.122. The predicted molar refractivity (Wildman–Crippen MR) is 104 cm³/mol. The maximum atomic E-state index is 12.7. The number of rotatable bonds is 5. The summed E-state index contributed by atoms with van der Waals surface area (Å²) < 4.78 is 7.61. The van der Waals surface area contributed by atoms with Crippen LogP contribution in [0.3, 0.4) is 0 Å². The maximum absolute atomic E-state index is 12.7. The summed E-state index contributed by atoms with van der Waals surface area (Å²) in [6.07, 6.45) is 1.27. The molecule has 4 rings (SSSR count). The first-order chi connectivity index (χ1) is 12.7. The number of hydrogen-bond acceptors (Lipinski definition) is 4. The lowest BCUT2D eigenvalue weighted by Crippen LogP contribution is -2.30. The van der Waals surface area contributed by atoms with Crippen molar-refractivity contribution in [3.05, 3.63) is 72.2 Å². The van der Waals surface area contributed by atoms with E-state index in [4.69, 9.17) is 4.74 Å². The van der Waals surface area contributed by atoms with Crippen LogP contribution < -0.4 is 10.1 Å². The molecule has 0 saturated heterocycles. The van der Waals surface area contributed by atoms with Gasteiger partial charge in [-0.05, 0) is 19.1 Å². The second-order valence-electron chi connectivity index (χ2n) is 5.79. The summed E-state index contributed by atoms with van der Waals surface area (Å²) >= 11 is 1.52. The minimum absolute atomic E-state index is 0.223. The van der Waals surface area contributed by atoms with Gasteiger partial charge in [0.25, 0.3) is 5.91 Å². The molecule has 0 aliphatic heterocycles. The average molecular weight is 363 g/mol. The molecule has 2 aromatic carbocycles. The lowest BCUT2D eigenvalue weighted by atomic mass is 10.1. The molecule has 4 aromatic rings. The number of nitrogens with zero attached hydrogens (tertiary/aromatic N) is 2. The fraction of sp³-hybridized carbons (Fsp3) is 0.100. The molecule has 2 aromatic heterocycles. The molecule has 6 heteroatoms. The first-order valence-electron chi connectivity index (χ1n) is 8.26. The van der Waals surface area contributed by atoms with Gasteiger partial charge in [-0.3, -0.25) is 9.20 Å².